The van der Waals surface area contributed by atoms with Gasteiger partial charge in [0.1, 0.15) is 0 Å². The number of thioether (sulfide) groups is 1. The zero-order valence-electron chi connectivity index (χ0n) is 12.3. The smallest absolute Gasteiger partial charge is 0.216 e. The molecule has 0 aliphatic rings. The van der Waals surface area contributed by atoms with Gasteiger partial charge in [-0.25, -0.2) is 0 Å². The standard InChI is InChI=1S/C15H17ClN4OS/c1-3-9-20-14(12-4-6-13(16)7-5-12)18-19-15(20)22-10-8-17-11(2)21/h3-7H,1,8-10H2,2H3,(H,17,21). The minimum Gasteiger partial charge on any atom is -0.356 e. The molecule has 0 fully saturated rings. The lowest BCUT2D eigenvalue weighted by molar-refractivity contribution is -0.118. The Morgan fingerprint density at radius 1 is 1.41 bits per heavy atom. The van der Waals surface area contributed by atoms with Crippen molar-refractivity contribution in [2.45, 2.75) is 18.6 Å². The van der Waals surface area contributed by atoms with Crippen molar-refractivity contribution in [2.24, 2.45) is 0 Å². The molecule has 116 valence electrons. The minimum absolute atomic E-state index is 0.0324. The molecule has 0 aliphatic carbocycles. The molecule has 0 atom stereocenters. The van der Waals surface area contributed by atoms with E-state index in [2.05, 4.69) is 22.1 Å². The van der Waals surface area contributed by atoms with Crippen LogP contribution in [0.1, 0.15) is 6.92 Å². The Hall–Kier alpha value is -1.79. The van der Waals surface area contributed by atoms with Crippen LogP contribution in [0.2, 0.25) is 5.02 Å². The van der Waals surface area contributed by atoms with Gasteiger partial charge in [0.2, 0.25) is 5.91 Å². The minimum atomic E-state index is -0.0324. The van der Waals surface area contributed by atoms with Gasteiger partial charge >= 0.3 is 0 Å². The number of amides is 1. The van der Waals surface area contributed by atoms with E-state index in [0.29, 0.717) is 18.1 Å². The SMILES string of the molecule is C=CCn1c(SCCNC(C)=O)nnc1-c1ccc(Cl)cc1. The number of aromatic nitrogens is 3. The topological polar surface area (TPSA) is 59.8 Å². The fraction of sp³-hybridized carbons (Fsp3) is 0.267. The molecule has 5 nitrogen and oxygen atoms in total. The summed E-state index contributed by atoms with van der Waals surface area (Å²) in [6, 6.07) is 7.48. The van der Waals surface area contributed by atoms with Gasteiger partial charge in [0.15, 0.2) is 11.0 Å². The molecule has 0 bridgehead atoms. The van der Waals surface area contributed by atoms with Crippen LogP contribution in [0.4, 0.5) is 0 Å². The van der Waals surface area contributed by atoms with Crippen molar-refractivity contribution in [3.63, 3.8) is 0 Å². The van der Waals surface area contributed by atoms with E-state index < -0.39 is 0 Å². The molecule has 0 radical (unpaired) electrons. The fourth-order valence-electron chi connectivity index (χ4n) is 1.87. The highest BCUT2D eigenvalue weighted by Gasteiger charge is 2.13. The number of carbonyl (C=O) groups excluding carboxylic acids is 1. The maximum atomic E-state index is 10.9. The number of allylic oxidation sites excluding steroid dienone is 1. The lowest BCUT2D eigenvalue weighted by Gasteiger charge is -2.08. The molecule has 1 aromatic heterocycles. The Bertz CT molecular complexity index is 654. The van der Waals surface area contributed by atoms with Gasteiger partial charge in [-0.15, -0.1) is 16.8 Å². The van der Waals surface area contributed by atoms with Gasteiger partial charge in [-0.2, -0.15) is 0 Å². The number of hydrogen-bond donors (Lipinski definition) is 1. The molecule has 0 spiro atoms. The molecular formula is C15H17ClN4OS. The van der Waals surface area contributed by atoms with Crippen LogP contribution < -0.4 is 5.32 Å². The third-order valence-corrected chi connectivity index (χ3v) is 4.06. The van der Waals surface area contributed by atoms with E-state index in [1.807, 2.05) is 28.8 Å². The third kappa shape index (κ3) is 4.35. The molecule has 1 heterocycles. The lowest BCUT2D eigenvalue weighted by Crippen LogP contribution is -2.22. The number of halogens is 1. The summed E-state index contributed by atoms with van der Waals surface area (Å²) in [5.74, 6) is 1.48. The zero-order valence-corrected chi connectivity index (χ0v) is 13.8. The molecular weight excluding hydrogens is 320 g/mol. The summed E-state index contributed by atoms with van der Waals surface area (Å²) < 4.78 is 1.99. The highest BCUT2D eigenvalue weighted by atomic mass is 35.5. The first-order valence-electron chi connectivity index (χ1n) is 6.79. The average Bonchev–Trinajstić information content (AvgIpc) is 2.88. The summed E-state index contributed by atoms with van der Waals surface area (Å²) in [5.41, 5.74) is 0.951. The van der Waals surface area contributed by atoms with Crippen molar-refractivity contribution in [3.8, 4) is 11.4 Å². The number of nitrogens with zero attached hydrogens (tertiary/aromatic N) is 3. The molecule has 22 heavy (non-hydrogen) atoms. The molecule has 0 saturated heterocycles. The van der Waals surface area contributed by atoms with Crippen LogP contribution in [0.25, 0.3) is 11.4 Å². The largest absolute Gasteiger partial charge is 0.356 e. The lowest BCUT2D eigenvalue weighted by atomic mass is 10.2. The summed E-state index contributed by atoms with van der Waals surface area (Å²) in [7, 11) is 0. The summed E-state index contributed by atoms with van der Waals surface area (Å²) in [6.07, 6.45) is 1.81. The van der Waals surface area contributed by atoms with Gasteiger partial charge in [-0.3, -0.25) is 9.36 Å². The fourth-order valence-corrected chi connectivity index (χ4v) is 2.80. The van der Waals surface area contributed by atoms with E-state index in [1.165, 1.54) is 6.92 Å². The van der Waals surface area contributed by atoms with E-state index in [1.54, 1.807) is 17.8 Å². The van der Waals surface area contributed by atoms with Gasteiger partial charge < -0.3 is 5.32 Å². The first-order valence-corrected chi connectivity index (χ1v) is 8.15. The second kappa shape index (κ2) is 8.00. The normalized spacial score (nSPS) is 10.5. The molecule has 1 aromatic carbocycles. The monoisotopic (exact) mass is 336 g/mol. The molecule has 7 heteroatoms. The maximum Gasteiger partial charge on any atom is 0.216 e. The van der Waals surface area contributed by atoms with E-state index >= 15 is 0 Å². The second-order valence-electron chi connectivity index (χ2n) is 4.54. The molecule has 0 saturated carbocycles. The highest BCUT2D eigenvalue weighted by Crippen LogP contribution is 2.25. The molecule has 0 aliphatic heterocycles. The zero-order chi connectivity index (χ0) is 15.9. The molecule has 1 N–H and O–H groups in total. The van der Waals surface area contributed by atoms with Crippen LogP contribution in [-0.2, 0) is 11.3 Å². The predicted octanol–water partition coefficient (Wildman–Crippen LogP) is 3.01. The Balaban J connectivity index is 2.16. The first-order chi connectivity index (χ1) is 10.6. The van der Waals surface area contributed by atoms with Gasteiger partial charge in [0.25, 0.3) is 0 Å². The van der Waals surface area contributed by atoms with Crippen molar-refractivity contribution >= 4 is 29.3 Å². The summed E-state index contributed by atoms with van der Waals surface area (Å²) >= 11 is 7.47. The van der Waals surface area contributed by atoms with E-state index in [9.17, 15) is 4.79 Å². The highest BCUT2D eigenvalue weighted by molar-refractivity contribution is 7.99. The van der Waals surface area contributed by atoms with Crippen LogP contribution in [0, 0.1) is 0 Å². The molecule has 1 amide bonds. The Labute approximate surface area is 138 Å². The Morgan fingerprint density at radius 2 is 2.14 bits per heavy atom. The number of benzene rings is 1. The van der Waals surface area contributed by atoms with Crippen LogP contribution in [0.5, 0.6) is 0 Å². The number of hydrogen-bond acceptors (Lipinski definition) is 4. The van der Waals surface area contributed by atoms with Crippen LogP contribution >= 0.6 is 23.4 Å². The van der Waals surface area contributed by atoms with Crippen LogP contribution in [-0.4, -0.2) is 33.0 Å². The van der Waals surface area contributed by atoms with Crippen molar-refractivity contribution in [1.29, 1.82) is 0 Å². The van der Waals surface area contributed by atoms with E-state index in [0.717, 1.165) is 22.3 Å². The molecule has 0 unspecified atom stereocenters. The first kappa shape index (κ1) is 16.6. The van der Waals surface area contributed by atoms with E-state index in [-0.39, 0.29) is 5.91 Å². The van der Waals surface area contributed by atoms with Crippen molar-refractivity contribution in [2.75, 3.05) is 12.3 Å². The summed E-state index contributed by atoms with van der Waals surface area (Å²) in [4.78, 5) is 10.9. The second-order valence-corrected chi connectivity index (χ2v) is 6.04. The van der Waals surface area contributed by atoms with Gasteiger partial charge in [-0.1, -0.05) is 29.4 Å². The number of rotatable bonds is 7. The van der Waals surface area contributed by atoms with Gasteiger partial charge in [-0.05, 0) is 24.3 Å². The average molecular weight is 337 g/mol. The Morgan fingerprint density at radius 3 is 2.77 bits per heavy atom. The molecule has 2 aromatic rings. The number of nitrogens with one attached hydrogen (secondary N) is 1. The maximum absolute atomic E-state index is 10.9. The van der Waals surface area contributed by atoms with E-state index in [4.69, 9.17) is 11.6 Å². The molecule has 2 rings (SSSR count). The Kier molecular flexibility index (Phi) is 6.03. The van der Waals surface area contributed by atoms with Crippen molar-refractivity contribution in [3.05, 3.63) is 41.9 Å². The number of carbonyl (C=O) groups is 1. The third-order valence-electron chi connectivity index (χ3n) is 2.84. The quantitative estimate of drug-likeness (QED) is 0.479. The van der Waals surface area contributed by atoms with Gasteiger partial charge in [0, 0.05) is 36.4 Å². The van der Waals surface area contributed by atoms with Crippen LogP contribution in [0.3, 0.4) is 0 Å². The van der Waals surface area contributed by atoms with Crippen molar-refractivity contribution in [1.82, 2.24) is 20.1 Å². The van der Waals surface area contributed by atoms with Gasteiger partial charge in [0.05, 0.1) is 0 Å². The van der Waals surface area contributed by atoms with Crippen molar-refractivity contribution < 1.29 is 4.79 Å². The summed E-state index contributed by atoms with van der Waals surface area (Å²) in [5, 5.41) is 12.7. The summed E-state index contributed by atoms with van der Waals surface area (Å²) in [6.45, 7) is 6.50. The predicted molar refractivity (Wildman–Crippen MR) is 90.1 cm³/mol. The van der Waals surface area contributed by atoms with Crippen LogP contribution in [0.15, 0.2) is 42.1 Å².